The molecule has 0 aromatic carbocycles. The molecule has 0 bridgehead atoms. The standard InChI is InChI=1S/C10H16N4/c11-10-8-9(2-4-13-10)14-6-1-3-12-5-7-14/h2,4,8,12H,1,3,5-7H2,(H2,11,13). The van der Waals surface area contributed by atoms with Crippen molar-refractivity contribution in [1.82, 2.24) is 10.3 Å². The average Bonchev–Trinajstić information content (AvgIpc) is 2.45. The minimum atomic E-state index is 0.597. The van der Waals surface area contributed by atoms with Gasteiger partial charge in [0.1, 0.15) is 5.82 Å². The van der Waals surface area contributed by atoms with Gasteiger partial charge in [-0.15, -0.1) is 0 Å². The maximum atomic E-state index is 5.65. The van der Waals surface area contributed by atoms with E-state index < -0.39 is 0 Å². The summed E-state index contributed by atoms with van der Waals surface area (Å²) in [5.74, 6) is 0.597. The first-order valence-corrected chi connectivity index (χ1v) is 5.03. The molecule has 1 fully saturated rings. The topological polar surface area (TPSA) is 54.2 Å². The van der Waals surface area contributed by atoms with Gasteiger partial charge in [-0.3, -0.25) is 0 Å². The lowest BCUT2D eigenvalue weighted by Gasteiger charge is -2.22. The highest BCUT2D eigenvalue weighted by molar-refractivity contribution is 5.52. The molecule has 1 aromatic rings. The molecule has 76 valence electrons. The monoisotopic (exact) mass is 192 g/mol. The van der Waals surface area contributed by atoms with Crippen molar-refractivity contribution in [2.45, 2.75) is 6.42 Å². The van der Waals surface area contributed by atoms with Crippen LogP contribution in [0.25, 0.3) is 0 Å². The van der Waals surface area contributed by atoms with Crippen LogP contribution in [0.4, 0.5) is 11.5 Å². The molecule has 0 amide bonds. The lowest BCUT2D eigenvalue weighted by atomic mass is 10.3. The molecule has 1 saturated heterocycles. The number of anilines is 2. The van der Waals surface area contributed by atoms with Crippen molar-refractivity contribution in [3.05, 3.63) is 18.3 Å². The average molecular weight is 192 g/mol. The molecule has 2 rings (SSSR count). The molecular weight excluding hydrogens is 176 g/mol. The molecule has 0 radical (unpaired) electrons. The van der Waals surface area contributed by atoms with Crippen LogP contribution in [0.2, 0.25) is 0 Å². The quantitative estimate of drug-likeness (QED) is 0.679. The van der Waals surface area contributed by atoms with Gasteiger partial charge in [0.2, 0.25) is 0 Å². The third-order valence-electron chi connectivity index (χ3n) is 2.47. The summed E-state index contributed by atoms with van der Waals surface area (Å²) >= 11 is 0. The van der Waals surface area contributed by atoms with E-state index in [9.17, 15) is 0 Å². The van der Waals surface area contributed by atoms with Gasteiger partial charge in [0, 0.05) is 37.6 Å². The van der Waals surface area contributed by atoms with Crippen molar-refractivity contribution >= 4 is 11.5 Å². The summed E-state index contributed by atoms with van der Waals surface area (Å²) in [6.45, 7) is 4.29. The van der Waals surface area contributed by atoms with Crippen molar-refractivity contribution < 1.29 is 0 Å². The van der Waals surface area contributed by atoms with Crippen molar-refractivity contribution in [2.24, 2.45) is 0 Å². The second-order valence-corrected chi connectivity index (χ2v) is 3.53. The highest BCUT2D eigenvalue weighted by Gasteiger charge is 2.09. The van der Waals surface area contributed by atoms with E-state index in [4.69, 9.17) is 5.73 Å². The van der Waals surface area contributed by atoms with Crippen LogP contribution in [0.3, 0.4) is 0 Å². The third kappa shape index (κ3) is 2.14. The van der Waals surface area contributed by atoms with Gasteiger partial charge in [-0.25, -0.2) is 4.98 Å². The van der Waals surface area contributed by atoms with Gasteiger partial charge in [-0.1, -0.05) is 0 Å². The highest BCUT2D eigenvalue weighted by Crippen LogP contribution is 2.16. The number of hydrogen-bond acceptors (Lipinski definition) is 4. The Morgan fingerprint density at radius 1 is 1.36 bits per heavy atom. The molecule has 2 heterocycles. The molecule has 0 spiro atoms. The van der Waals surface area contributed by atoms with Crippen LogP contribution in [0, 0.1) is 0 Å². The van der Waals surface area contributed by atoms with Crippen LogP contribution >= 0.6 is 0 Å². The SMILES string of the molecule is Nc1cc(N2CCCNCC2)ccn1. The van der Waals surface area contributed by atoms with Gasteiger partial charge in [0.05, 0.1) is 0 Å². The van der Waals surface area contributed by atoms with E-state index in [0.29, 0.717) is 5.82 Å². The first kappa shape index (κ1) is 9.27. The van der Waals surface area contributed by atoms with E-state index in [1.807, 2.05) is 12.1 Å². The molecule has 0 aliphatic carbocycles. The van der Waals surface area contributed by atoms with Gasteiger partial charge >= 0.3 is 0 Å². The van der Waals surface area contributed by atoms with Crippen LogP contribution in [0.1, 0.15) is 6.42 Å². The van der Waals surface area contributed by atoms with Crippen LogP contribution in [-0.2, 0) is 0 Å². The Hall–Kier alpha value is -1.29. The van der Waals surface area contributed by atoms with Gasteiger partial charge in [-0.05, 0) is 19.0 Å². The second-order valence-electron chi connectivity index (χ2n) is 3.53. The lowest BCUT2D eigenvalue weighted by Crippen LogP contribution is -2.27. The summed E-state index contributed by atoms with van der Waals surface area (Å²) in [6, 6.07) is 3.95. The first-order valence-electron chi connectivity index (χ1n) is 5.03. The van der Waals surface area contributed by atoms with Gasteiger partial charge in [-0.2, -0.15) is 0 Å². The molecule has 1 aromatic heterocycles. The largest absolute Gasteiger partial charge is 0.384 e. The molecule has 1 aliphatic heterocycles. The molecule has 0 unspecified atom stereocenters. The van der Waals surface area contributed by atoms with Crippen LogP contribution in [-0.4, -0.2) is 31.2 Å². The fraction of sp³-hybridized carbons (Fsp3) is 0.500. The van der Waals surface area contributed by atoms with Crippen molar-refractivity contribution in [3.63, 3.8) is 0 Å². The predicted molar refractivity (Wildman–Crippen MR) is 58.3 cm³/mol. The first-order chi connectivity index (χ1) is 6.86. The minimum Gasteiger partial charge on any atom is -0.384 e. The number of rotatable bonds is 1. The number of nitrogen functional groups attached to an aromatic ring is 1. The molecule has 14 heavy (non-hydrogen) atoms. The fourth-order valence-electron chi connectivity index (χ4n) is 1.74. The summed E-state index contributed by atoms with van der Waals surface area (Å²) in [7, 11) is 0. The fourth-order valence-corrected chi connectivity index (χ4v) is 1.74. The number of aromatic nitrogens is 1. The number of nitrogens with zero attached hydrogens (tertiary/aromatic N) is 2. The van der Waals surface area contributed by atoms with E-state index in [0.717, 1.165) is 26.2 Å². The molecule has 3 N–H and O–H groups in total. The Bertz CT molecular complexity index is 292. The van der Waals surface area contributed by atoms with Gasteiger partial charge in [0.25, 0.3) is 0 Å². The van der Waals surface area contributed by atoms with E-state index in [-0.39, 0.29) is 0 Å². The molecule has 4 nitrogen and oxygen atoms in total. The summed E-state index contributed by atoms with van der Waals surface area (Å²) in [5.41, 5.74) is 6.83. The number of nitrogens with two attached hydrogens (primary N) is 1. The summed E-state index contributed by atoms with van der Waals surface area (Å²) in [4.78, 5) is 6.34. The smallest absolute Gasteiger partial charge is 0.125 e. The molecule has 0 saturated carbocycles. The number of pyridine rings is 1. The Morgan fingerprint density at radius 3 is 3.14 bits per heavy atom. The minimum absolute atomic E-state index is 0.597. The maximum absolute atomic E-state index is 5.65. The van der Waals surface area contributed by atoms with Crippen LogP contribution in [0.5, 0.6) is 0 Å². The summed E-state index contributed by atoms with van der Waals surface area (Å²) < 4.78 is 0. The maximum Gasteiger partial charge on any atom is 0.125 e. The predicted octanol–water partition coefficient (Wildman–Crippen LogP) is 0.463. The van der Waals surface area contributed by atoms with Gasteiger partial charge in [0.15, 0.2) is 0 Å². The lowest BCUT2D eigenvalue weighted by molar-refractivity contribution is 0.724. The molecular formula is C10H16N4. The van der Waals surface area contributed by atoms with E-state index in [2.05, 4.69) is 15.2 Å². The zero-order valence-electron chi connectivity index (χ0n) is 8.24. The summed E-state index contributed by atoms with van der Waals surface area (Å²) in [5, 5.41) is 3.37. The second kappa shape index (κ2) is 4.28. The normalized spacial score (nSPS) is 17.9. The molecule has 1 aliphatic rings. The Kier molecular flexibility index (Phi) is 2.84. The van der Waals surface area contributed by atoms with Gasteiger partial charge < -0.3 is 16.0 Å². The zero-order valence-corrected chi connectivity index (χ0v) is 8.24. The zero-order chi connectivity index (χ0) is 9.80. The van der Waals surface area contributed by atoms with E-state index in [1.54, 1.807) is 6.20 Å². The molecule has 0 atom stereocenters. The van der Waals surface area contributed by atoms with Crippen molar-refractivity contribution in [3.8, 4) is 0 Å². The highest BCUT2D eigenvalue weighted by atomic mass is 15.2. The Balaban J connectivity index is 2.12. The van der Waals surface area contributed by atoms with E-state index >= 15 is 0 Å². The molecule has 4 heteroatoms. The number of nitrogens with one attached hydrogen (secondary N) is 1. The van der Waals surface area contributed by atoms with Crippen LogP contribution in [0.15, 0.2) is 18.3 Å². The third-order valence-corrected chi connectivity index (χ3v) is 2.47. The number of hydrogen-bond donors (Lipinski definition) is 2. The Morgan fingerprint density at radius 2 is 2.29 bits per heavy atom. The van der Waals surface area contributed by atoms with Crippen LogP contribution < -0.4 is 16.0 Å². The Labute approximate surface area is 84.1 Å². The van der Waals surface area contributed by atoms with Crippen molar-refractivity contribution in [1.29, 1.82) is 0 Å². The van der Waals surface area contributed by atoms with Crippen molar-refractivity contribution in [2.75, 3.05) is 36.8 Å². The summed E-state index contributed by atoms with van der Waals surface area (Å²) in [6.07, 6.45) is 2.95. The van der Waals surface area contributed by atoms with E-state index in [1.165, 1.54) is 12.1 Å².